The topological polar surface area (TPSA) is 42.9 Å². The van der Waals surface area contributed by atoms with E-state index in [2.05, 4.69) is 9.97 Å². The standard InChI is InChI=1S/C9H6N2OS2/c12-7(9-11-4-6-14-9)1-2-8-10-3-5-13-8/h1-6H/b2-1+. The zero-order valence-corrected chi connectivity index (χ0v) is 8.72. The molecule has 5 heteroatoms. The van der Waals surface area contributed by atoms with Gasteiger partial charge in [-0.3, -0.25) is 4.79 Å². The van der Waals surface area contributed by atoms with Gasteiger partial charge in [-0.25, -0.2) is 9.97 Å². The number of ketones is 1. The van der Waals surface area contributed by atoms with Crippen LogP contribution in [0.25, 0.3) is 6.08 Å². The van der Waals surface area contributed by atoms with Gasteiger partial charge in [-0.2, -0.15) is 0 Å². The Kier molecular flexibility index (Phi) is 2.81. The molecule has 0 unspecified atom stereocenters. The van der Waals surface area contributed by atoms with E-state index in [1.54, 1.807) is 23.8 Å². The van der Waals surface area contributed by atoms with E-state index in [-0.39, 0.29) is 5.78 Å². The quantitative estimate of drug-likeness (QED) is 0.592. The third-order valence-corrected chi connectivity index (χ3v) is 3.00. The molecule has 14 heavy (non-hydrogen) atoms. The van der Waals surface area contributed by atoms with Gasteiger partial charge in [-0.15, -0.1) is 22.7 Å². The molecular formula is C9H6N2OS2. The van der Waals surface area contributed by atoms with Crippen molar-refractivity contribution in [3.8, 4) is 0 Å². The Morgan fingerprint density at radius 3 is 2.64 bits per heavy atom. The summed E-state index contributed by atoms with van der Waals surface area (Å²) < 4.78 is 0. The van der Waals surface area contributed by atoms with Gasteiger partial charge in [-0.05, 0) is 12.2 Å². The summed E-state index contributed by atoms with van der Waals surface area (Å²) in [5.74, 6) is -0.0739. The lowest BCUT2D eigenvalue weighted by molar-refractivity contribution is 0.104. The molecule has 0 saturated heterocycles. The zero-order chi connectivity index (χ0) is 9.80. The number of carbonyl (C=O) groups excluding carboxylic acids is 1. The van der Waals surface area contributed by atoms with Crippen molar-refractivity contribution < 1.29 is 4.79 Å². The van der Waals surface area contributed by atoms with Crippen LogP contribution in [0, 0.1) is 0 Å². The van der Waals surface area contributed by atoms with E-state index in [0.29, 0.717) is 5.01 Å². The Hall–Kier alpha value is -1.33. The van der Waals surface area contributed by atoms with Crippen LogP contribution in [0.1, 0.15) is 14.8 Å². The first-order valence-corrected chi connectivity index (χ1v) is 5.63. The van der Waals surface area contributed by atoms with Crippen LogP contribution in [0.5, 0.6) is 0 Å². The number of rotatable bonds is 3. The second-order valence-electron chi connectivity index (χ2n) is 2.41. The number of aromatic nitrogens is 2. The number of hydrogen-bond acceptors (Lipinski definition) is 5. The molecule has 0 aliphatic carbocycles. The average molecular weight is 222 g/mol. The minimum atomic E-state index is -0.0739. The monoisotopic (exact) mass is 222 g/mol. The van der Waals surface area contributed by atoms with Crippen molar-refractivity contribution in [1.82, 2.24) is 9.97 Å². The zero-order valence-electron chi connectivity index (χ0n) is 7.08. The van der Waals surface area contributed by atoms with Crippen molar-refractivity contribution in [2.45, 2.75) is 0 Å². The van der Waals surface area contributed by atoms with Crippen LogP contribution >= 0.6 is 22.7 Å². The second kappa shape index (κ2) is 4.26. The molecule has 2 aromatic heterocycles. The van der Waals surface area contributed by atoms with Crippen LogP contribution in [0.3, 0.4) is 0 Å². The van der Waals surface area contributed by atoms with E-state index in [1.165, 1.54) is 28.7 Å². The number of allylic oxidation sites excluding steroid dienone is 1. The number of thiazole rings is 2. The van der Waals surface area contributed by atoms with Gasteiger partial charge in [0.05, 0.1) is 0 Å². The van der Waals surface area contributed by atoms with Gasteiger partial charge in [0.25, 0.3) is 0 Å². The third kappa shape index (κ3) is 2.12. The Labute approximate surface area is 88.8 Å². The van der Waals surface area contributed by atoms with Crippen LogP contribution in [0.15, 0.2) is 29.2 Å². The maximum atomic E-state index is 11.4. The summed E-state index contributed by atoms with van der Waals surface area (Å²) in [4.78, 5) is 19.4. The van der Waals surface area contributed by atoms with Gasteiger partial charge in [0, 0.05) is 23.2 Å². The minimum absolute atomic E-state index is 0.0739. The molecule has 0 radical (unpaired) electrons. The summed E-state index contributed by atoms with van der Waals surface area (Å²) in [6.45, 7) is 0. The van der Waals surface area contributed by atoms with Crippen molar-refractivity contribution in [1.29, 1.82) is 0 Å². The van der Waals surface area contributed by atoms with Gasteiger partial charge in [0.1, 0.15) is 5.01 Å². The normalized spacial score (nSPS) is 10.9. The summed E-state index contributed by atoms with van der Waals surface area (Å²) >= 11 is 2.83. The number of hydrogen-bond donors (Lipinski definition) is 0. The first-order chi connectivity index (χ1) is 6.86. The van der Waals surface area contributed by atoms with Crippen molar-refractivity contribution >= 4 is 34.5 Å². The first-order valence-electron chi connectivity index (χ1n) is 3.87. The lowest BCUT2D eigenvalue weighted by Crippen LogP contribution is -1.91. The Morgan fingerprint density at radius 1 is 1.21 bits per heavy atom. The summed E-state index contributed by atoms with van der Waals surface area (Å²) in [6.07, 6.45) is 6.53. The van der Waals surface area contributed by atoms with Crippen molar-refractivity contribution in [3.05, 3.63) is 39.2 Å². The summed E-state index contributed by atoms with van der Waals surface area (Å²) in [7, 11) is 0. The van der Waals surface area contributed by atoms with Crippen LogP contribution in [-0.2, 0) is 0 Å². The van der Waals surface area contributed by atoms with Gasteiger partial charge in [0.2, 0.25) is 5.78 Å². The van der Waals surface area contributed by atoms with E-state index in [1.807, 2.05) is 5.38 Å². The second-order valence-corrected chi connectivity index (χ2v) is 4.23. The number of nitrogens with zero attached hydrogens (tertiary/aromatic N) is 2. The highest BCUT2D eigenvalue weighted by Gasteiger charge is 2.03. The Bertz CT molecular complexity index is 431. The molecule has 0 N–H and O–H groups in total. The van der Waals surface area contributed by atoms with Crippen LogP contribution in [-0.4, -0.2) is 15.8 Å². The maximum absolute atomic E-state index is 11.4. The Balaban J connectivity index is 2.09. The van der Waals surface area contributed by atoms with E-state index in [4.69, 9.17) is 0 Å². The van der Waals surface area contributed by atoms with Crippen molar-refractivity contribution in [2.75, 3.05) is 0 Å². The minimum Gasteiger partial charge on any atom is -0.287 e. The predicted octanol–water partition coefficient (Wildman–Crippen LogP) is 2.50. The van der Waals surface area contributed by atoms with E-state index in [9.17, 15) is 4.79 Å². The molecule has 3 nitrogen and oxygen atoms in total. The van der Waals surface area contributed by atoms with E-state index < -0.39 is 0 Å². The van der Waals surface area contributed by atoms with E-state index in [0.717, 1.165) is 5.01 Å². The lowest BCUT2D eigenvalue weighted by atomic mass is 10.3. The highest BCUT2D eigenvalue weighted by atomic mass is 32.1. The van der Waals surface area contributed by atoms with Crippen molar-refractivity contribution in [3.63, 3.8) is 0 Å². The van der Waals surface area contributed by atoms with Gasteiger partial charge in [0.15, 0.2) is 5.01 Å². The maximum Gasteiger partial charge on any atom is 0.214 e. The fraction of sp³-hybridized carbons (Fsp3) is 0. The SMILES string of the molecule is O=C(/C=C/c1nccs1)c1nccs1. The fourth-order valence-electron chi connectivity index (χ4n) is 0.880. The van der Waals surface area contributed by atoms with Crippen LogP contribution in [0.4, 0.5) is 0 Å². The molecule has 0 amide bonds. The summed E-state index contributed by atoms with van der Waals surface area (Å²) in [5.41, 5.74) is 0. The smallest absolute Gasteiger partial charge is 0.214 e. The van der Waals surface area contributed by atoms with Gasteiger partial charge < -0.3 is 0 Å². The van der Waals surface area contributed by atoms with Gasteiger partial charge >= 0.3 is 0 Å². The van der Waals surface area contributed by atoms with Gasteiger partial charge in [-0.1, -0.05) is 0 Å². The molecule has 0 fully saturated rings. The fourth-order valence-corrected chi connectivity index (χ4v) is 1.97. The molecule has 0 aromatic carbocycles. The molecular weight excluding hydrogens is 216 g/mol. The van der Waals surface area contributed by atoms with E-state index >= 15 is 0 Å². The van der Waals surface area contributed by atoms with Crippen LogP contribution < -0.4 is 0 Å². The molecule has 0 spiro atoms. The first kappa shape index (κ1) is 9.23. The summed E-state index contributed by atoms with van der Waals surface area (Å²) in [6, 6.07) is 0. The number of carbonyl (C=O) groups is 1. The molecule has 2 aromatic rings. The molecule has 0 aliphatic rings. The highest BCUT2D eigenvalue weighted by Crippen LogP contribution is 2.09. The molecule has 0 atom stereocenters. The lowest BCUT2D eigenvalue weighted by Gasteiger charge is -1.85. The molecule has 2 rings (SSSR count). The molecule has 0 aliphatic heterocycles. The third-order valence-electron chi connectivity index (χ3n) is 1.47. The molecule has 70 valence electrons. The average Bonchev–Trinajstić information content (AvgIpc) is 2.87. The molecule has 0 saturated carbocycles. The van der Waals surface area contributed by atoms with Crippen molar-refractivity contribution in [2.24, 2.45) is 0 Å². The van der Waals surface area contributed by atoms with Crippen LogP contribution in [0.2, 0.25) is 0 Å². The largest absolute Gasteiger partial charge is 0.287 e. The Morgan fingerprint density at radius 2 is 2.00 bits per heavy atom. The highest BCUT2D eigenvalue weighted by molar-refractivity contribution is 7.12. The predicted molar refractivity (Wildman–Crippen MR) is 57.6 cm³/mol. The molecule has 2 heterocycles. The molecule has 0 bridgehead atoms. The summed E-state index contributed by atoms with van der Waals surface area (Å²) in [5, 5.41) is 4.99.